The highest BCUT2D eigenvalue weighted by atomic mass is 35.5. The number of hydrogen-bond donors (Lipinski definition) is 0. The zero-order valence-corrected chi connectivity index (χ0v) is 15.9. The van der Waals surface area contributed by atoms with Crippen molar-refractivity contribution in [2.45, 2.75) is 37.8 Å². The Labute approximate surface area is 155 Å². The van der Waals surface area contributed by atoms with E-state index in [9.17, 15) is 0 Å². The van der Waals surface area contributed by atoms with Crippen molar-refractivity contribution < 1.29 is 0 Å². The number of halogens is 1. The number of likely N-dealkylation sites (tertiary alicyclic amines) is 2. The SMILES string of the molecule is CN1CCC[C@H]1c1ccc(Cl)nc1.CN1CCC[C@H]1c1cccnc1. The van der Waals surface area contributed by atoms with Crippen LogP contribution in [0.3, 0.4) is 0 Å². The maximum absolute atomic E-state index is 5.73. The van der Waals surface area contributed by atoms with Gasteiger partial charge in [-0.15, -0.1) is 0 Å². The molecule has 0 amide bonds. The van der Waals surface area contributed by atoms with E-state index >= 15 is 0 Å². The minimum atomic E-state index is 0.546. The summed E-state index contributed by atoms with van der Waals surface area (Å²) in [4.78, 5) is 13.0. The predicted molar refractivity (Wildman–Crippen MR) is 103 cm³/mol. The zero-order valence-electron chi connectivity index (χ0n) is 15.1. The molecule has 4 heterocycles. The van der Waals surface area contributed by atoms with Gasteiger partial charge in [0.1, 0.15) is 5.15 Å². The highest BCUT2D eigenvalue weighted by Gasteiger charge is 2.23. The summed E-state index contributed by atoms with van der Waals surface area (Å²) >= 11 is 5.73. The molecule has 0 aliphatic carbocycles. The largest absolute Gasteiger partial charge is 0.299 e. The Morgan fingerprint density at radius 3 is 2.00 bits per heavy atom. The summed E-state index contributed by atoms with van der Waals surface area (Å²) in [5.74, 6) is 0. The molecule has 134 valence electrons. The fourth-order valence-corrected chi connectivity index (χ4v) is 3.93. The van der Waals surface area contributed by atoms with Gasteiger partial charge in [-0.1, -0.05) is 23.7 Å². The van der Waals surface area contributed by atoms with Gasteiger partial charge in [0, 0.05) is 30.7 Å². The molecular formula is C20H27ClN4. The quantitative estimate of drug-likeness (QED) is 0.747. The average Bonchev–Trinajstić information content (AvgIpc) is 3.25. The Morgan fingerprint density at radius 1 is 0.920 bits per heavy atom. The molecule has 0 N–H and O–H groups in total. The highest BCUT2D eigenvalue weighted by molar-refractivity contribution is 6.29. The molecule has 2 aromatic rings. The van der Waals surface area contributed by atoms with Crippen LogP contribution in [0.2, 0.25) is 5.15 Å². The van der Waals surface area contributed by atoms with Crippen LogP contribution in [0.15, 0.2) is 42.9 Å². The van der Waals surface area contributed by atoms with Crippen LogP contribution in [0, 0.1) is 0 Å². The van der Waals surface area contributed by atoms with Crippen LogP contribution in [0.5, 0.6) is 0 Å². The Hall–Kier alpha value is -1.49. The molecule has 0 bridgehead atoms. The monoisotopic (exact) mass is 358 g/mol. The van der Waals surface area contributed by atoms with Crippen molar-refractivity contribution in [3.05, 3.63) is 59.1 Å². The van der Waals surface area contributed by atoms with Crippen LogP contribution in [-0.4, -0.2) is 47.0 Å². The lowest BCUT2D eigenvalue weighted by Gasteiger charge is -2.19. The first kappa shape index (κ1) is 18.3. The van der Waals surface area contributed by atoms with E-state index < -0.39 is 0 Å². The third kappa shape index (κ3) is 4.78. The minimum absolute atomic E-state index is 0.546. The molecule has 2 atom stereocenters. The molecule has 25 heavy (non-hydrogen) atoms. The van der Waals surface area contributed by atoms with E-state index in [0.29, 0.717) is 17.2 Å². The van der Waals surface area contributed by atoms with Crippen molar-refractivity contribution in [1.82, 2.24) is 19.8 Å². The van der Waals surface area contributed by atoms with Crippen molar-refractivity contribution in [2.75, 3.05) is 27.2 Å². The fourth-order valence-electron chi connectivity index (χ4n) is 3.82. The van der Waals surface area contributed by atoms with Crippen LogP contribution < -0.4 is 0 Å². The molecule has 4 rings (SSSR count). The third-order valence-corrected chi connectivity index (χ3v) is 5.47. The van der Waals surface area contributed by atoms with Gasteiger partial charge in [0.25, 0.3) is 0 Å². The standard InChI is InChI=1S/C10H13ClN2.C10H14N2/c1-13-6-2-3-9(13)8-4-5-10(11)12-7-8;1-12-7-3-5-10(12)9-4-2-6-11-8-9/h4-5,7,9H,2-3,6H2,1H3;2,4,6,8,10H,3,5,7H2,1H3/t9-;10-/m00/s1. The van der Waals surface area contributed by atoms with E-state index in [1.54, 1.807) is 0 Å². The van der Waals surface area contributed by atoms with Gasteiger partial charge in [-0.25, -0.2) is 4.98 Å². The zero-order chi connectivity index (χ0) is 17.6. The molecule has 4 nitrogen and oxygen atoms in total. The lowest BCUT2D eigenvalue weighted by atomic mass is 10.1. The number of rotatable bonds is 2. The maximum atomic E-state index is 5.73. The van der Waals surface area contributed by atoms with Crippen molar-refractivity contribution in [2.24, 2.45) is 0 Å². The number of aromatic nitrogens is 2. The normalized spacial score (nSPS) is 24.1. The van der Waals surface area contributed by atoms with Crippen LogP contribution in [0.25, 0.3) is 0 Å². The van der Waals surface area contributed by atoms with Crippen molar-refractivity contribution >= 4 is 11.6 Å². The Bertz CT molecular complexity index is 647. The molecule has 0 radical (unpaired) electrons. The summed E-state index contributed by atoms with van der Waals surface area (Å²) in [5, 5.41) is 0.574. The fraction of sp³-hybridized carbons (Fsp3) is 0.500. The lowest BCUT2D eigenvalue weighted by Crippen LogP contribution is -2.17. The molecule has 2 fully saturated rings. The van der Waals surface area contributed by atoms with Crippen LogP contribution in [-0.2, 0) is 0 Å². The first-order valence-corrected chi connectivity index (χ1v) is 9.45. The summed E-state index contributed by atoms with van der Waals surface area (Å²) in [6, 6.07) is 9.27. The molecule has 0 unspecified atom stereocenters. The second-order valence-corrected chi connectivity index (χ2v) is 7.37. The van der Waals surface area contributed by atoms with Crippen LogP contribution in [0.1, 0.15) is 48.9 Å². The molecule has 0 aromatic carbocycles. The smallest absolute Gasteiger partial charge is 0.129 e. The van der Waals surface area contributed by atoms with Crippen molar-refractivity contribution in [3.63, 3.8) is 0 Å². The first-order valence-electron chi connectivity index (χ1n) is 9.07. The molecular weight excluding hydrogens is 332 g/mol. The summed E-state index contributed by atoms with van der Waals surface area (Å²) in [5.41, 5.74) is 2.64. The van der Waals surface area contributed by atoms with Gasteiger partial charge in [-0.05, 0) is 76.1 Å². The Balaban J connectivity index is 0.000000146. The highest BCUT2D eigenvalue weighted by Crippen LogP contribution is 2.30. The minimum Gasteiger partial charge on any atom is -0.299 e. The second-order valence-electron chi connectivity index (χ2n) is 6.98. The lowest BCUT2D eigenvalue weighted by molar-refractivity contribution is 0.317. The Morgan fingerprint density at radius 2 is 1.56 bits per heavy atom. The summed E-state index contributed by atoms with van der Waals surface area (Å²) < 4.78 is 0. The molecule has 0 saturated carbocycles. The van der Waals surface area contributed by atoms with E-state index in [0.717, 1.165) is 0 Å². The number of hydrogen-bond acceptors (Lipinski definition) is 4. The van der Waals surface area contributed by atoms with Crippen molar-refractivity contribution in [3.8, 4) is 0 Å². The summed E-state index contributed by atoms with van der Waals surface area (Å²) in [7, 11) is 4.34. The van der Waals surface area contributed by atoms with Gasteiger partial charge in [0.15, 0.2) is 0 Å². The van der Waals surface area contributed by atoms with Crippen LogP contribution in [0.4, 0.5) is 0 Å². The number of pyridine rings is 2. The molecule has 0 spiro atoms. The third-order valence-electron chi connectivity index (χ3n) is 5.25. The predicted octanol–water partition coefficient (Wildman–Crippen LogP) is 4.35. The first-order chi connectivity index (χ1) is 12.1. The van der Waals surface area contributed by atoms with E-state index in [1.165, 1.54) is 49.9 Å². The van der Waals surface area contributed by atoms with Crippen molar-refractivity contribution in [1.29, 1.82) is 0 Å². The molecule has 2 saturated heterocycles. The van der Waals surface area contributed by atoms with Gasteiger partial charge >= 0.3 is 0 Å². The van der Waals surface area contributed by atoms with Gasteiger partial charge in [-0.3, -0.25) is 14.8 Å². The van der Waals surface area contributed by atoms with E-state index in [2.05, 4.69) is 46.0 Å². The summed E-state index contributed by atoms with van der Waals surface area (Å²) in [6.07, 6.45) is 10.8. The van der Waals surface area contributed by atoms with Crippen LogP contribution >= 0.6 is 11.6 Å². The van der Waals surface area contributed by atoms with Gasteiger partial charge < -0.3 is 0 Å². The topological polar surface area (TPSA) is 32.3 Å². The molecule has 2 aromatic heterocycles. The van der Waals surface area contributed by atoms with Gasteiger partial charge in [0.05, 0.1) is 0 Å². The second kappa shape index (κ2) is 8.75. The molecule has 2 aliphatic rings. The maximum Gasteiger partial charge on any atom is 0.129 e. The van der Waals surface area contributed by atoms with E-state index in [1.807, 2.05) is 30.7 Å². The molecule has 5 heteroatoms. The number of nitrogens with zero attached hydrogens (tertiary/aromatic N) is 4. The Kier molecular flexibility index (Phi) is 6.40. The van der Waals surface area contributed by atoms with E-state index in [-0.39, 0.29) is 0 Å². The average molecular weight is 359 g/mol. The molecule has 2 aliphatic heterocycles. The summed E-state index contributed by atoms with van der Waals surface area (Å²) in [6.45, 7) is 2.41. The van der Waals surface area contributed by atoms with Gasteiger partial charge in [-0.2, -0.15) is 0 Å². The van der Waals surface area contributed by atoms with Gasteiger partial charge in [0.2, 0.25) is 0 Å². The van der Waals surface area contributed by atoms with E-state index in [4.69, 9.17) is 11.6 Å².